The number of ether oxygens (including phenoxy) is 2. The summed E-state index contributed by atoms with van der Waals surface area (Å²) in [6.07, 6.45) is 3.75. The fourth-order valence-electron chi connectivity index (χ4n) is 1.91. The van der Waals surface area contributed by atoms with E-state index in [4.69, 9.17) is 9.47 Å². The van der Waals surface area contributed by atoms with Crippen molar-refractivity contribution in [2.45, 2.75) is 6.61 Å². The zero-order valence-electron chi connectivity index (χ0n) is 12.0. The van der Waals surface area contributed by atoms with Gasteiger partial charge in [0.2, 0.25) is 0 Å². The normalized spacial score (nSPS) is 10.7. The second-order valence-electron chi connectivity index (χ2n) is 4.54. The second kappa shape index (κ2) is 8.02. The molecule has 0 saturated carbocycles. The van der Waals surface area contributed by atoms with Crippen LogP contribution in [0.3, 0.4) is 0 Å². The van der Waals surface area contributed by atoms with Gasteiger partial charge in [0.25, 0.3) is 0 Å². The third-order valence-electron chi connectivity index (χ3n) is 2.89. The van der Waals surface area contributed by atoms with Crippen LogP contribution in [0.4, 0.5) is 0 Å². The van der Waals surface area contributed by atoms with Crippen LogP contribution in [0, 0.1) is 0 Å². The molecule has 108 valence electrons. The van der Waals surface area contributed by atoms with Gasteiger partial charge in [-0.2, -0.15) is 0 Å². The molecule has 0 atom stereocenters. The summed E-state index contributed by atoms with van der Waals surface area (Å²) in [7, 11) is 1.62. The van der Waals surface area contributed by atoms with Crippen molar-refractivity contribution < 1.29 is 14.3 Å². The van der Waals surface area contributed by atoms with Gasteiger partial charge in [-0.05, 0) is 29.3 Å². The summed E-state index contributed by atoms with van der Waals surface area (Å²) in [6, 6.07) is 17.1. The SMILES string of the molecule is COCc1cccc(C(=O)OC/C=C/c2ccccc2)c1. The molecule has 3 heteroatoms. The Morgan fingerprint density at radius 3 is 2.67 bits per heavy atom. The Morgan fingerprint density at radius 1 is 1.10 bits per heavy atom. The van der Waals surface area contributed by atoms with E-state index in [0.29, 0.717) is 12.2 Å². The van der Waals surface area contributed by atoms with E-state index in [1.54, 1.807) is 19.2 Å². The van der Waals surface area contributed by atoms with Gasteiger partial charge in [0, 0.05) is 7.11 Å². The predicted octanol–water partition coefficient (Wildman–Crippen LogP) is 3.70. The van der Waals surface area contributed by atoms with Crippen LogP contribution in [0.15, 0.2) is 60.7 Å². The van der Waals surface area contributed by atoms with E-state index in [0.717, 1.165) is 11.1 Å². The minimum Gasteiger partial charge on any atom is -0.458 e. The van der Waals surface area contributed by atoms with E-state index in [-0.39, 0.29) is 12.6 Å². The maximum atomic E-state index is 11.9. The first-order chi connectivity index (χ1) is 10.3. The summed E-state index contributed by atoms with van der Waals surface area (Å²) in [5.41, 5.74) is 2.57. The topological polar surface area (TPSA) is 35.5 Å². The number of benzene rings is 2. The summed E-state index contributed by atoms with van der Waals surface area (Å²) in [6.45, 7) is 0.733. The molecule has 0 heterocycles. The molecular weight excluding hydrogens is 264 g/mol. The van der Waals surface area contributed by atoms with Crippen LogP contribution < -0.4 is 0 Å². The molecule has 2 aromatic rings. The van der Waals surface area contributed by atoms with Crippen LogP contribution in [-0.2, 0) is 16.1 Å². The van der Waals surface area contributed by atoms with E-state index >= 15 is 0 Å². The van der Waals surface area contributed by atoms with Crippen LogP contribution in [0.1, 0.15) is 21.5 Å². The molecule has 2 aromatic carbocycles. The number of hydrogen-bond acceptors (Lipinski definition) is 3. The van der Waals surface area contributed by atoms with E-state index in [2.05, 4.69) is 0 Å². The third-order valence-corrected chi connectivity index (χ3v) is 2.89. The van der Waals surface area contributed by atoms with Crippen LogP contribution in [0.2, 0.25) is 0 Å². The molecule has 21 heavy (non-hydrogen) atoms. The Balaban J connectivity index is 1.87. The van der Waals surface area contributed by atoms with Crippen molar-refractivity contribution in [2.24, 2.45) is 0 Å². The van der Waals surface area contributed by atoms with Crippen LogP contribution in [0.25, 0.3) is 6.08 Å². The average molecular weight is 282 g/mol. The molecule has 0 amide bonds. The van der Waals surface area contributed by atoms with Gasteiger partial charge in [-0.1, -0.05) is 48.5 Å². The Labute approximate surface area is 124 Å². The highest BCUT2D eigenvalue weighted by Gasteiger charge is 2.06. The molecular formula is C18H18O3. The largest absolute Gasteiger partial charge is 0.458 e. The molecule has 0 N–H and O–H groups in total. The van der Waals surface area contributed by atoms with Gasteiger partial charge < -0.3 is 9.47 Å². The first kappa shape index (κ1) is 15.0. The molecule has 0 fully saturated rings. The standard InChI is InChI=1S/C18H18O3/c1-20-14-16-9-5-11-17(13-16)18(19)21-12-6-10-15-7-3-2-4-8-15/h2-11,13H,12,14H2,1H3/b10-6+. The van der Waals surface area contributed by atoms with Gasteiger partial charge in [0.1, 0.15) is 6.61 Å². The maximum Gasteiger partial charge on any atom is 0.338 e. The Kier molecular flexibility index (Phi) is 5.73. The summed E-state index contributed by atoms with van der Waals surface area (Å²) < 4.78 is 10.3. The lowest BCUT2D eigenvalue weighted by molar-refractivity contribution is 0.0550. The maximum absolute atomic E-state index is 11.9. The molecule has 0 unspecified atom stereocenters. The van der Waals surface area contributed by atoms with E-state index in [1.165, 1.54) is 0 Å². The average Bonchev–Trinajstić information content (AvgIpc) is 2.53. The van der Waals surface area contributed by atoms with E-state index in [9.17, 15) is 4.79 Å². The third kappa shape index (κ3) is 4.89. The number of rotatable bonds is 6. The number of hydrogen-bond donors (Lipinski definition) is 0. The van der Waals surface area contributed by atoms with Crippen molar-refractivity contribution in [3.8, 4) is 0 Å². The number of carbonyl (C=O) groups excluding carboxylic acids is 1. The summed E-state index contributed by atoms with van der Waals surface area (Å²) >= 11 is 0. The number of carbonyl (C=O) groups is 1. The molecule has 0 aliphatic carbocycles. The molecule has 2 rings (SSSR count). The zero-order chi connectivity index (χ0) is 14.9. The van der Waals surface area contributed by atoms with Crippen LogP contribution >= 0.6 is 0 Å². The first-order valence-corrected chi connectivity index (χ1v) is 6.76. The summed E-state index contributed by atoms with van der Waals surface area (Å²) in [5.74, 6) is -0.328. The molecule has 0 aromatic heterocycles. The van der Waals surface area contributed by atoms with Gasteiger partial charge in [0.05, 0.1) is 12.2 Å². The van der Waals surface area contributed by atoms with Gasteiger partial charge in [-0.25, -0.2) is 4.79 Å². The van der Waals surface area contributed by atoms with Crippen molar-refractivity contribution in [1.29, 1.82) is 0 Å². The highest BCUT2D eigenvalue weighted by atomic mass is 16.5. The lowest BCUT2D eigenvalue weighted by atomic mass is 10.1. The molecule has 0 aliphatic heterocycles. The van der Waals surface area contributed by atoms with Gasteiger partial charge >= 0.3 is 5.97 Å². The molecule has 0 spiro atoms. The molecule has 0 aliphatic rings. The van der Waals surface area contributed by atoms with E-state index in [1.807, 2.05) is 54.6 Å². The lowest BCUT2D eigenvalue weighted by Gasteiger charge is -2.04. The van der Waals surface area contributed by atoms with Gasteiger partial charge in [0.15, 0.2) is 0 Å². The van der Waals surface area contributed by atoms with Crippen LogP contribution in [0.5, 0.6) is 0 Å². The minimum absolute atomic E-state index is 0.252. The van der Waals surface area contributed by atoms with Crippen LogP contribution in [-0.4, -0.2) is 19.7 Å². The first-order valence-electron chi connectivity index (χ1n) is 6.76. The Bertz CT molecular complexity index is 603. The summed E-state index contributed by atoms with van der Waals surface area (Å²) in [4.78, 5) is 11.9. The fourth-order valence-corrected chi connectivity index (χ4v) is 1.91. The smallest absolute Gasteiger partial charge is 0.338 e. The zero-order valence-corrected chi connectivity index (χ0v) is 12.0. The minimum atomic E-state index is -0.328. The summed E-state index contributed by atoms with van der Waals surface area (Å²) in [5, 5.41) is 0. The fraction of sp³-hybridized carbons (Fsp3) is 0.167. The molecule has 3 nitrogen and oxygen atoms in total. The lowest BCUT2D eigenvalue weighted by Crippen LogP contribution is -2.05. The molecule has 0 bridgehead atoms. The van der Waals surface area contributed by atoms with Gasteiger partial charge in [-0.15, -0.1) is 0 Å². The monoisotopic (exact) mass is 282 g/mol. The molecule has 0 saturated heterocycles. The van der Waals surface area contributed by atoms with Crippen molar-refractivity contribution in [3.05, 3.63) is 77.4 Å². The predicted molar refractivity (Wildman–Crippen MR) is 82.9 cm³/mol. The second-order valence-corrected chi connectivity index (χ2v) is 4.54. The van der Waals surface area contributed by atoms with Crippen molar-refractivity contribution >= 4 is 12.0 Å². The highest BCUT2D eigenvalue weighted by Crippen LogP contribution is 2.08. The van der Waals surface area contributed by atoms with Crippen molar-refractivity contribution in [2.75, 3.05) is 13.7 Å². The van der Waals surface area contributed by atoms with E-state index < -0.39 is 0 Å². The number of esters is 1. The number of methoxy groups -OCH3 is 1. The van der Waals surface area contributed by atoms with Gasteiger partial charge in [-0.3, -0.25) is 0 Å². The Morgan fingerprint density at radius 2 is 1.90 bits per heavy atom. The molecule has 0 radical (unpaired) electrons. The van der Waals surface area contributed by atoms with Crippen molar-refractivity contribution in [1.82, 2.24) is 0 Å². The highest BCUT2D eigenvalue weighted by molar-refractivity contribution is 5.89. The quantitative estimate of drug-likeness (QED) is 0.758. The Hall–Kier alpha value is -2.39. The van der Waals surface area contributed by atoms with Crippen molar-refractivity contribution in [3.63, 3.8) is 0 Å².